The quantitative estimate of drug-likeness (QED) is 0.833. The molecular weight excluding hydrogens is 286 g/mol. The third-order valence-corrected chi connectivity index (χ3v) is 6.33. The lowest BCUT2D eigenvalue weighted by molar-refractivity contribution is -0.148. The molecule has 2 rings (SSSR count). The van der Waals surface area contributed by atoms with Crippen molar-refractivity contribution in [3.63, 3.8) is 0 Å². The molecule has 2 aliphatic rings. The molecule has 1 amide bonds. The van der Waals surface area contributed by atoms with Crippen LogP contribution in [-0.2, 0) is 14.3 Å². The summed E-state index contributed by atoms with van der Waals surface area (Å²) in [7, 11) is 1.56. The number of carboxylic acid groups (broad SMARTS) is 1. The lowest BCUT2D eigenvalue weighted by Gasteiger charge is -2.25. The maximum absolute atomic E-state index is 12.3. The first-order chi connectivity index (χ1) is 9.11. The fourth-order valence-electron chi connectivity index (χ4n) is 2.44. The van der Waals surface area contributed by atoms with Crippen LogP contribution in [0.3, 0.4) is 0 Å². The van der Waals surface area contributed by atoms with Gasteiger partial charge in [0.2, 0.25) is 5.91 Å². The lowest BCUT2D eigenvalue weighted by atomic mass is 10.2. The molecule has 1 N–H and O–H groups in total. The molecule has 0 aromatic rings. The zero-order chi connectivity index (χ0) is 13.8. The van der Waals surface area contributed by atoms with E-state index in [1.54, 1.807) is 7.11 Å². The minimum atomic E-state index is -0.932. The Kier molecular flexibility index (Phi) is 5.41. The third-order valence-electron chi connectivity index (χ3n) is 3.49. The normalized spacial score (nSPS) is 31.4. The molecule has 0 saturated carbocycles. The van der Waals surface area contributed by atoms with Crippen LogP contribution >= 0.6 is 23.5 Å². The van der Waals surface area contributed by atoms with Gasteiger partial charge in [-0.15, -0.1) is 0 Å². The SMILES string of the molecule is COC1CC(C(=O)O)N(C(=O)CC2CSCCS2)C1. The van der Waals surface area contributed by atoms with Crippen molar-refractivity contribution in [3.05, 3.63) is 0 Å². The minimum absolute atomic E-state index is 0.0491. The van der Waals surface area contributed by atoms with Crippen molar-refractivity contribution in [2.24, 2.45) is 0 Å². The van der Waals surface area contributed by atoms with Gasteiger partial charge < -0.3 is 14.7 Å². The number of hydrogen-bond donors (Lipinski definition) is 1. The molecule has 19 heavy (non-hydrogen) atoms. The number of thioether (sulfide) groups is 2. The number of ether oxygens (including phenoxy) is 1. The van der Waals surface area contributed by atoms with Crippen molar-refractivity contribution in [2.75, 3.05) is 30.9 Å². The number of hydrogen-bond acceptors (Lipinski definition) is 5. The van der Waals surface area contributed by atoms with E-state index in [-0.39, 0.29) is 12.0 Å². The Hall–Kier alpha value is -0.400. The molecule has 2 saturated heterocycles. The third kappa shape index (κ3) is 3.79. The number of carbonyl (C=O) groups excluding carboxylic acids is 1. The second-order valence-electron chi connectivity index (χ2n) is 4.77. The molecule has 2 aliphatic heterocycles. The molecule has 2 heterocycles. The van der Waals surface area contributed by atoms with Crippen LogP contribution in [0.25, 0.3) is 0 Å². The summed E-state index contributed by atoms with van der Waals surface area (Å²) < 4.78 is 5.20. The first-order valence-electron chi connectivity index (χ1n) is 6.36. The first-order valence-corrected chi connectivity index (χ1v) is 8.56. The van der Waals surface area contributed by atoms with Gasteiger partial charge >= 0.3 is 5.97 Å². The number of aliphatic carboxylic acids is 1. The maximum atomic E-state index is 12.3. The van der Waals surface area contributed by atoms with Crippen LogP contribution in [0.4, 0.5) is 0 Å². The van der Waals surface area contributed by atoms with E-state index in [1.807, 2.05) is 23.5 Å². The minimum Gasteiger partial charge on any atom is -0.480 e. The van der Waals surface area contributed by atoms with Gasteiger partial charge in [-0.05, 0) is 0 Å². The van der Waals surface area contributed by atoms with Crippen LogP contribution < -0.4 is 0 Å². The van der Waals surface area contributed by atoms with E-state index in [4.69, 9.17) is 4.74 Å². The molecule has 3 unspecified atom stereocenters. The second-order valence-corrected chi connectivity index (χ2v) is 7.32. The molecular formula is C12H19NO4S2. The summed E-state index contributed by atoms with van der Waals surface area (Å²) in [6.07, 6.45) is 0.681. The van der Waals surface area contributed by atoms with Gasteiger partial charge in [0.15, 0.2) is 0 Å². The standard InChI is InChI=1S/C12H19NO4S2/c1-17-8-4-10(12(15)16)13(6-8)11(14)5-9-7-18-2-3-19-9/h8-10H,2-7H2,1H3,(H,15,16). The number of carbonyl (C=O) groups is 2. The van der Waals surface area contributed by atoms with E-state index < -0.39 is 12.0 Å². The zero-order valence-electron chi connectivity index (χ0n) is 10.9. The van der Waals surface area contributed by atoms with Gasteiger partial charge in [-0.25, -0.2) is 4.79 Å². The summed E-state index contributed by atoms with van der Waals surface area (Å²) in [6.45, 7) is 0.400. The van der Waals surface area contributed by atoms with Crippen molar-refractivity contribution in [1.29, 1.82) is 0 Å². The molecule has 5 nitrogen and oxygen atoms in total. The summed E-state index contributed by atoms with van der Waals surface area (Å²) in [5, 5.41) is 9.51. The Morgan fingerprint density at radius 3 is 2.79 bits per heavy atom. The highest BCUT2D eigenvalue weighted by Crippen LogP contribution is 2.28. The summed E-state index contributed by atoms with van der Waals surface area (Å²) >= 11 is 3.69. The summed E-state index contributed by atoms with van der Waals surface area (Å²) in [4.78, 5) is 25.0. The number of rotatable bonds is 4. The predicted octanol–water partition coefficient (Wildman–Crippen LogP) is 0.926. The number of methoxy groups -OCH3 is 1. The fraction of sp³-hybridized carbons (Fsp3) is 0.833. The average Bonchev–Trinajstić information content (AvgIpc) is 2.84. The Labute approximate surface area is 121 Å². The maximum Gasteiger partial charge on any atom is 0.326 e. The number of nitrogens with zero attached hydrogens (tertiary/aromatic N) is 1. The van der Waals surface area contributed by atoms with Gasteiger partial charge in [-0.2, -0.15) is 23.5 Å². The molecule has 0 aromatic carbocycles. The fourth-order valence-corrected chi connectivity index (χ4v) is 5.12. The van der Waals surface area contributed by atoms with E-state index >= 15 is 0 Å². The predicted molar refractivity (Wildman–Crippen MR) is 76.7 cm³/mol. The highest BCUT2D eigenvalue weighted by molar-refractivity contribution is 8.06. The van der Waals surface area contributed by atoms with Crippen LogP contribution in [-0.4, -0.2) is 70.2 Å². The van der Waals surface area contributed by atoms with Crippen LogP contribution in [0, 0.1) is 0 Å². The summed E-state index contributed by atoms with van der Waals surface area (Å²) in [5.41, 5.74) is 0. The molecule has 0 bridgehead atoms. The molecule has 2 fully saturated rings. The molecule has 0 aliphatic carbocycles. The zero-order valence-corrected chi connectivity index (χ0v) is 12.5. The largest absolute Gasteiger partial charge is 0.480 e. The highest BCUT2D eigenvalue weighted by atomic mass is 32.2. The summed E-state index contributed by atoms with van der Waals surface area (Å²) in [5.74, 6) is 2.22. The Morgan fingerprint density at radius 2 is 2.21 bits per heavy atom. The van der Waals surface area contributed by atoms with Crippen molar-refractivity contribution in [3.8, 4) is 0 Å². The molecule has 108 valence electrons. The van der Waals surface area contributed by atoms with Crippen LogP contribution in [0.1, 0.15) is 12.8 Å². The van der Waals surface area contributed by atoms with E-state index in [0.717, 1.165) is 17.3 Å². The number of amides is 1. The topological polar surface area (TPSA) is 66.8 Å². The molecule has 0 spiro atoms. The van der Waals surface area contributed by atoms with E-state index in [0.29, 0.717) is 24.6 Å². The Morgan fingerprint density at radius 1 is 1.42 bits per heavy atom. The van der Waals surface area contributed by atoms with Gasteiger partial charge in [0.25, 0.3) is 0 Å². The lowest BCUT2D eigenvalue weighted by Crippen LogP contribution is -2.42. The first kappa shape index (κ1) is 15.0. The monoisotopic (exact) mass is 305 g/mol. The van der Waals surface area contributed by atoms with Crippen molar-refractivity contribution >= 4 is 35.4 Å². The van der Waals surface area contributed by atoms with Gasteiger partial charge in [0.05, 0.1) is 6.10 Å². The van der Waals surface area contributed by atoms with E-state index in [1.165, 1.54) is 4.90 Å². The Balaban J connectivity index is 1.94. The Bertz CT molecular complexity index is 347. The average molecular weight is 305 g/mol. The molecule has 7 heteroatoms. The van der Waals surface area contributed by atoms with Gasteiger partial charge in [0.1, 0.15) is 6.04 Å². The van der Waals surface area contributed by atoms with Crippen LogP contribution in [0.2, 0.25) is 0 Å². The number of likely N-dealkylation sites (tertiary alicyclic amines) is 1. The van der Waals surface area contributed by atoms with Crippen molar-refractivity contribution in [2.45, 2.75) is 30.2 Å². The summed E-state index contributed by atoms with van der Waals surface area (Å²) in [6, 6.07) is -0.723. The number of carboxylic acids is 1. The smallest absolute Gasteiger partial charge is 0.326 e. The van der Waals surface area contributed by atoms with Crippen LogP contribution in [0.5, 0.6) is 0 Å². The second kappa shape index (κ2) is 6.85. The highest BCUT2D eigenvalue weighted by Gasteiger charge is 2.40. The van der Waals surface area contributed by atoms with Crippen LogP contribution in [0.15, 0.2) is 0 Å². The van der Waals surface area contributed by atoms with Crippen molar-refractivity contribution in [1.82, 2.24) is 4.90 Å². The molecule has 3 atom stereocenters. The van der Waals surface area contributed by atoms with Gasteiger partial charge in [0, 0.05) is 49.0 Å². The van der Waals surface area contributed by atoms with Crippen molar-refractivity contribution < 1.29 is 19.4 Å². The molecule has 0 radical (unpaired) electrons. The van der Waals surface area contributed by atoms with E-state index in [9.17, 15) is 14.7 Å². The van der Waals surface area contributed by atoms with E-state index in [2.05, 4.69) is 0 Å². The van der Waals surface area contributed by atoms with Gasteiger partial charge in [-0.1, -0.05) is 0 Å². The van der Waals surface area contributed by atoms with Gasteiger partial charge in [-0.3, -0.25) is 4.79 Å². The molecule has 0 aromatic heterocycles.